The van der Waals surface area contributed by atoms with Crippen molar-refractivity contribution >= 4 is 28.2 Å². The molecule has 1 rings (SSSR count). The second kappa shape index (κ2) is 7.78. The summed E-state index contributed by atoms with van der Waals surface area (Å²) in [5, 5.41) is 5.43. The van der Waals surface area contributed by atoms with E-state index < -0.39 is 10.8 Å². The molecule has 1 aromatic carbocycles. The molecule has 0 saturated heterocycles. The summed E-state index contributed by atoms with van der Waals surface area (Å²) in [5.41, 5.74) is 1.79. The molecule has 0 spiro atoms. The van der Waals surface area contributed by atoms with E-state index in [0.29, 0.717) is 12.3 Å². The van der Waals surface area contributed by atoms with Crippen molar-refractivity contribution in [3.8, 4) is 0 Å². The van der Waals surface area contributed by atoms with Gasteiger partial charge in [0.05, 0.1) is 0 Å². The molecule has 19 heavy (non-hydrogen) atoms. The molecule has 2 N–H and O–H groups in total. The number of hydrogen-bond acceptors (Lipinski definition) is 3. The summed E-state index contributed by atoms with van der Waals surface area (Å²) in [4.78, 5) is 13.7. The van der Waals surface area contributed by atoms with Crippen LogP contribution in [0.5, 0.6) is 0 Å². The minimum atomic E-state index is -0.889. The normalized spacial score (nSPS) is 11.7. The second-order valence-corrected chi connectivity index (χ2v) is 5.78. The number of urea groups is 1. The molecule has 1 unspecified atom stereocenters. The molecule has 106 valence electrons. The molecule has 2 amide bonds. The van der Waals surface area contributed by atoms with Crippen molar-refractivity contribution in [2.24, 2.45) is 0 Å². The lowest BCUT2D eigenvalue weighted by Crippen LogP contribution is -2.31. The minimum absolute atomic E-state index is 0.276. The van der Waals surface area contributed by atoms with Gasteiger partial charge in [-0.25, -0.2) is 4.79 Å². The number of amides is 2. The molecular weight excluding hydrogens is 262 g/mol. The van der Waals surface area contributed by atoms with Gasteiger partial charge in [0.1, 0.15) is 0 Å². The first kappa shape index (κ1) is 15.5. The van der Waals surface area contributed by atoms with E-state index in [1.54, 1.807) is 6.26 Å². The fraction of sp³-hybridized carbons (Fsp3) is 0.462. The van der Waals surface area contributed by atoms with Crippen LogP contribution in [0.15, 0.2) is 24.3 Å². The molecule has 0 aliphatic carbocycles. The zero-order valence-corrected chi connectivity index (χ0v) is 12.4. The molecule has 0 saturated carbocycles. The summed E-state index contributed by atoms with van der Waals surface area (Å²) in [6.45, 7) is 3.37. The molecule has 6 heteroatoms. The Morgan fingerprint density at radius 3 is 2.79 bits per heavy atom. The molecule has 0 bridgehead atoms. The standard InChI is InChI=1S/C13H21N3O2S/c1-4-16(2)12-7-5-6-11(10-12)15-13(17)14-8-9-19(3)18/h5-7,10H,4,8-9H2,1-3H3,(H2,14,15,17). The molecule has 0 heterocycles. The number of nitrogens with zero attached hydrogens (tertiary/aromatic N) is 1. The summed E-state index contributed by atoms with van der Waals surface area (Å²) in [6, 6.07) is 7.37. The van der Waals surface area contributed by atoms with Crippen molar-refractivity contribution in [3.63, 3.8) is 0 Å². The molecule has 0 fully saturated rings. The third-order valence-electron chi connectivity index (χ3n) is 2.69. The monoisotopic (exact) mass is 283 g/mol. The van der Waals surface area contributed by atoms with E-state index in [0.717, 1.165) is 17.9 Å². The van der Waals surface area contributed by atoms with Gasteiger partial charge < -0.3 is 15.5 Å². The number of carbonyl (C=O) groups excluding carboxylic acids is 1. The second-order valence-electron chi connectivity index (χ2n) is 4.22. The SMILES string of the molecule is CCN(C)c1cccc(NC(=O)NCCS(C)=O)c1. The van der Waals surface area contributed by atoms with Gasteiger partial charge in [-0.2, -0.15) is 0 Å². The van der Waals surface area contributed by atoms with E-state index in [9.17, 15) is 9.00 Å². The fourth-order valence-corrected chi connectivity index (χ4v) is 1.88. The van der Waals surface area contributed by atoms with Gasteiger partial charge in [-0.05, 0) is 25.1 Å². The average Bonchev–Trinajstić information content (AvgIpc) is 2.37. The van der Waals surface area contributed by atoms with Gasteiger partial charge >= 0.3 is 6.03 Å². The van der Waals surface area contributed by atoms with Crippen LogP contribution >= 0.6 is 0 Å². The van der Waals surface area contributed by atoms with Gasteiger partial charge in [0.15, 0.2) is 0 Å². The Hall–Kier alpha value is -1.56. The van der Waals surface area contributed by atoms with Gasteiger partial charge in [0, 0.05) is 54.3 Å². The van der Waals surface area contributed by atoms with E-state index in [1.165, 1.54) is 0 Å². The number of rotatable bonds is 6. The third-order valence-corrected chi connectivity index (χ3v) is 3.47. The van der Waals surface area contributed by atoms with Crippen LogP contribution in [0.3, 0.4) is 0 Å². The Morgan fingerprint density at radius 1 is 1.42 bits per heavy atom. The van der Waals surface area contributed by atoms with Crippen molar-refractivity contribution in [2.45, 2.75) is 6.92 Å². The Morgan fingerprint density at radius 2 is 2.16 bits per heavy atom. The number of hydrogen-bond donors (Lipinski definition) is 2. The van der Waals surface area contributed by atoms with Crippen LogP contribution in [-0.4, -0.2) is 42.4 Å². The highest BCUT2D eigenvalue weighted by Crippen LogP contribution is 2.17. The Bertz CT molecular complexity index is 451. The summed E-state index contributed by atoms with van der Waals surface area (Å²) >= 11 is 0. The van der Waals surface area contributed by atoms with Crippen LogP contribution < -0.4 is 15.5 Å². The topological polar surface area (TPSA) is 61.4 Å². The first-order chi connectivity index (χ1) is 9.02. The predicted molar refractivity (Wildman–Crippen MR) is 81.3 cm³/mol. The van der Waals surface area contributed by atoms with E-state index >= 15 is 0 Å². The Balaban J connectivity index is 2.52. The van der Waals surface area contributed by atoms with Crippen molar-refractivity contribution in [1.29, 1.82) is 0 Å². The maximum atomic E-state index is 11.6. The molecule has 0 aromatic heterocycles. The van der Waals surface area contributed by atoms with Gasteiger partial charge in [0.25, 0.3) is 0 Å². The largest absolute Gasteiger partial charge is 0.375 e. The van der Waals surface area contributed by atoms with E-state index in [-0.39, 0.29) is 6.03 Å². The number of nitrogens with one attached hydrogen (secondary N) is 2. The van der Waals surface area contributed by atoms with E-state index in [1.807, 2.05) is 31.3 Å². The van der Waals surface area contributed by atoms with Crippen molar-refractivity contribution < 1.29 is 9.00 Å². The quantitative estimate of drug-likeness (QED) is 0.834. The molecule has 5 nitrogen and oxygen atoms in total. The average molecular weight is 283 g/mol. The zero-order chi connectivity index (χ0) is 14.3. The van der Waals surface area contributed by atoms with E-state index in [4.69, 9.17) is 0 Å². The summed E-state index contributed by atoms with van der Waals surface area (Å²) < 4.78 is 10.9. The number of anilines is 2. The maximum absolute atomic E-state index is 11.6. The lowest BCUT2D eigenvalue weighted by Gasteiger charge is -2.17. The third kappa shape index (κ3) is 5.74. The maximum Gasteiger partial charge on any atom is 0.319 e. The van der Waals surface area contributed by atoms with Crippen LogP contribution in [0.4, 0.5) is 16.2 Å². The molecule has 1 atom stereocenters. The van der Waals surface area contributed by atoms with Gasteiger partial charge in [-0.3, -0.25) is 4.21 Å². The summed E-state index contributed by atoms with van der Waals surface area (Å²) in [6.07, 6.45) is 1.61. The Kier molecular flexibility index (Phi) is 6.35. The highest BCUT2D eigenvalue weighted by molar-refractivity contribution is 7.84. The summed E-state index contributed by atoms with van der Waals surface area (Å²) in [7, 11) is 1.11. The van der Waals surface area contributed by atoms with Crippen LogP contribution in [0.1, 0.15) is 6.92 Å². The zero-order valence-electron chi connectivity index (χ0n) is 11.6. The number of carbonyl (C=O) groups is 1. The van der Waals surface area contributed by atoms with E-state index in [2.05, 4.69) is 22.5 Å². The fourth-order valence-electron chi connectivity index (χ4n) is 1.49. The predicted octanol–water partition coefficient (Wildman–Crippen LogP) is 1.64. The smallest absolute Gasteiger partial charge is 0.319 e. The van der Waals surface area contributed by atoms with Crippen molar-refractivity contribution in [1.82, 2.24) is 5.32 Å². The van der Waals surface area contributed by atoms with Gasteiger partial charge in [0.2, 0.25) is 0 Å². The highest BCUT2D eigenvalue weighted by Gasteiger charge is 2.03. The minimum Gasteiger partial charge on any atom is -0.375 e. The molecule has 1 aromatic rings. The van der Waals surface area contributed by atoms with Crippen LogP contribution in [0, 0.1) is 0 Å². The van der Waals surface area contributed by atoms with Gasteiger partial charge in [-0.1, -0.05) is 6.07 Å². The number of benzene rings is 1. The highest BCUT2D eigenvalue weighted by atomic mass is 32.2. The van der Waals surface area contributed by atoms with Crippen molar-refractivity contribution in [2.75, 3.05) is 42.4 Å². The molecular formula is C13H21N3O2S. The van der Waals surface area contributed by atoms with Crippen LogP contribution in [0.25, 0.3) is 0 Å². The van der Waals surface area contributed by atoms with Gasteiger partial charge in [-0.15, -0.1) is 0 Å². The lowest BCUT2D eigenvalue weighted by atomic mass is 10.2. The lowest BCUT2D eigenvalue weighted by molar-refractivity contribution is 0.252. The molecule has 0 aliphatic heterocycles. The Labute approximate surface area is 116 Å². The first-order valence-corrected chi connectivity index (χ1v) is 7.91. The van der Waals surface area contributed by atoms with Crippen LogP contribution in [0.2, 0.25) is 0 Å². The van der Waals surface area contributed by atoms with Crippen LogP contribution in [-0.2, 0) is 10.8 Å². The summed E-state index contributed by atoms with van der Waals surface area (Å²) in [5.74, 6) is 0.464. The molecule has 0 radical (unpaired) electrons. The molecule has 0 aliphatic rings. The van der Waals surface area contributed by atoms with Crippen molar-refractivity contribution in [3.05, 3.63) is 24.3 Å². The first-order valence-electron chi connectivity index (χ1n) is 6.19.